The van der Waals surface area contributed by atoms with Gasteiger partial charge in [-0.1, -0.05) is 29.8 Å². The lowest BCUT2D eigenvalue weighted by Gasteiger charge is -2.26. The number of alkyl halides is 3. The van der Waals surface area contributed by atoms with Crippen LogP contribution in [0.25, 0.3) is 5.76 Å². The number of carbonyl (C=O) groups excluding carboxylic acids is 2. The average Bonchev–Trinajstić information content (AvgIpc) is 3.09. The van der Waals surface area contributed by atoms with Crippen molar-refractivity contribution in [3.8, 4) is 5.75 Å². The van der Waals surface area contributed by atoms with Crippen molar-refractivity contribution in [1.82, 2.24) is 0 Å². The smallest absolute Gasteiger partial charge is 0.416 e. The molecule has 3 aromatic carbocycles. The Morgan fingerprint density at radius 2 is 1.65 bits per heavy atom. The summed E-state index contributed by atoms with van der Waals surface area (Å²) < 4.78 is 45.2. The summed E-state index contributed by atoms with van der Waals surface area (Å²) in [4.78, 5) is 27.1. The number of ether oxygens (including phenoxy) is 1. The summed E-state index contributed by atoms with van der Waals surface area (Å²) in [5, 5.41) is 11.4. The number of aliphatic hydroxyl groups excluding tert-OH is 1. The van der Waals surface area contributed by atoms with Gasteiger partial charge in [-0.05, 0) is 60.2 Å². The SMILES string of the molecule is COc1ccc(C2/C(=C(\O)c3ccc(Cl)cc3)C(=O)C(=O)N2c2cccc(C(F)(F)F)c2)cc1. The number of amides is 1. The van der Waals surface area contributed by atoms with E-state index in [0.717, 1.165) is 23.1 Å². The van der Waals surface area contributed by atoms with Crippen LogP contribution in [-0.2, 0) is 15.8 Å². The minimum absolute atomic E-state index is 0.132. The Morgan fingerprint density at radius 3 is 2.24 bits per heavy atom. The summed E-state index contributed by atoms with van der Waals surface area (Å²) in [5.41, 5.74) is -0.737. The van der Waals surface area contributed by atoms with Crippen LogP contribution in [0.3, 0.4) is 0 Å². The van der Waals surface area contributed by atoms with E-state index in [2.05, 4.69) is 0 Å². The van der Waals surface area contributed by atoms with Gasteiger partial charge in [0.1, 0.15) is 11.5 Å². The van der Waals surface area contributed by atoms with Gasteiger partial charge in [0.15, 0.2) is 0 Å². The van der Waals surface area contributed by atoms with Gasteiger partial charge >= 0.3 is 6.18 Å². The third-order valence-corrected chi connectivity index (χ3v) is 5.70. The molecule has 1 saturated heterocycles. The highest BCUT2D eigenvalue weighted by Crippen LogP contribution is 2.43. The monoisotopic (exact) mass is 487 g/mol. The molecule has 5 nitrogen and oxygen atoms in total. The second-order valence-electron chi connectivity index (χ2n) is 7.50. The van der Waals surface area contributed by atoms with Crippen LogP contribution in [0.1, 0.15) is 22.7 Å². The summed E-state index contributed by atoms with van der Waals surface area (Å²) in [7, 11) is 1.46. The fourth-order valence-corrected chi connectivity index (χ4v) is 3.92. The minimum Gasteiger partial charge on any atom is -0.507 e. The molecule has 1 aliphatic heterocycles. The summed E-state index contributed by atoms with van der Waals surface area (Å²) >= 11 is 5.91. The molecule has 34 heavy (non-hydrogen) atoms. The molecule has 174 valence electrons. The van der Waals surface area contributed by atoms with Crippen molar-refractivity contribution < 1.29 is 32.6 Å². The molecule has 9 heteroatoms. The van der Waals surface area contributed by atoms with Crippen LogP contribution >= 0.6 is 11.6 Å². The van der Waals surface area contributed by atoms with E-state index in [9.17, 15) is 27.9 Å². The molecule has 1 unspecified atom stereocenters. The summed E-state index contributed by atoms with van der Waals surface area (Å²) in [6.07, 6.45) is -4.65. The average molecular weight is 488 g/mol. The lowest BCUT2D eigenvalue weighted by molar-refractivity contribution is -0.137. The number of anilines is 1. The van der Waals surface area contributed by atoms with Gasteiger partial charge in [0, 0.05) is 16.3 Å². The topological polar surface area (TPSA) is 66.8 Å². The Kier molecular flexibility index (Phi) is 6.10. The van der Waals surface area contributed by atoms with E-state index in [0.29, 0.717) is 16.3 Å². The molecule has 0 spiro atoms. The number of benzene rings is 3. The first-order valence-electron chi connectivity index (χ1n) is 10.00. The Labute approximate surface area is 197 Å². The first kappa shape index (κ1) is 23.4. The van der Waals surface area contributed by atoms with Gasteiger partial charge in [0.05, 0.1) is 24.3 Å². The number of ketones is 1. The normalized spacial score (nSPS) is 17.8. The maximum atomic E-state index is 13.3. The molecule has 3 aromatic rings. The van der Waals surface area contributed by atoms with Gasteiger partial charge in [-0.2, -0.15) is 13.2 Å². The van der Waals surface area contributed by atoms with Crippen LogP contribution < -0.4 is 9.64 Å². The second kappa shape index (κ2) is 8.87. The second-order valence-corrected chi connectivity index (χ2v) is 7.93. The molecular weight excluding hydrogens is 471 g/mol. The molecule has 1 fully saturated rings. The van der Waals surface area contributed by atoms with Crippen molar-refractivity contribution in [3.63, 3.8) is 0 Å². The fourth-order valence-electron chi connectivity index (χ4n) is 3.80. The number of rotatable bonds is 4. The zero-order chi connectivity index (χ0) is 24.6. The first-order valence-corrected chi connectivity index (χ1v) is 10.4. The van der Waals surface area contributed by atoms with Crippen LogP contribution in [0.2, 0.25) is 5.02 Å². The Bertz CT molecular complexity index is 1280. The van der Waals surface area contributed by atoms with Gasteiger partial charge in [-0.3, -0.25) is 14.5 Å². The van der Waals surface area contributed by atoms with Gasteiger partial charge in [-0.25, -0.2) is 0 Å². The number of carbonyl (C=O) groups is 2. The maximum Gasteiger partial charge on any atom is 0.416 e. The highest BCUT2D eigenvalue weighted by molar-refractivity contribution is 6.51. The van der Waals surface area contributed by atoms with E-state index >= 15 is 0 Å². The zero-order valence-corrected chi connectivity index (χ0v) is 18.4. The molecule has 1 N–H and O–H groups in total. The maximum absolute atomic E-state index is 13.3. The van der Waals surface area contributed by atoms with E-state index in [1.165, 1.54) is 37.4 Å². The zero-order valence-electron chi connectivity index (χ0n) is 17.6. The highest BCUT2D eigenvalue weighted by atomic mass is 35.5. The van der Waals surface area contributed by atoms with Crippen LogP contribution in [0.5, 0.6) is 5.75 Å². The summed E-state index contributed by atoms with van der Waals surface area (Å²) in [6, 6.07) is 15.2. The number of hydrogen-bond acceptors (Lipinski definition) is 4. The van der Waals surface area contributed by atoms with E-state index in [1.807, 2.05) is 0 Å². The standard InChI is InChI=1S/C25H17ClF3NO4/c1-34-19-11-7-14(8-12-19)21-20(22(31)15-5-9-17(26)10-6-15)23(32)24(33)30(21)18-4-2-3-16(13-18)25(27,28)29/h2-13,21,31H,1H3/b22-20+. The predicted octanol–water partition coefficient (Wildman–Crippen LogP) is 5.99. The van der Waals surface area contributed by atoms with Crippen LogP contribution in [0, 0.1) is 0 Å². The van der Waals surface area contributed by atoms with Crippen LogP contribution in [-0.4, -0.2) is 23.9 Å². The number of hydrogen-bond donors (Lipinski definition) is 1. The van der Waals surface area contributed by atoms with Crippen molar-refractivity contribution in [3.05, 3.63) is 100 Å². The number of aliphatic hydroxyl groups is 1. The summed E-state index contributed by atoms with van der Waals surface area (Å²) in [5.74, 6) is -2.05. The minimum atomic E-state index is -4.65. The van der Waals surface area contributed by atoms with Crippen molar-refractivity contribution in [1.29, 1.82) is 0 Å². The molecule has 0 aliphatic carbocycles. The number of Topliss-reactive ketones (excluding diaryl/α,β-unsaturated/α-hetero) is 1. The lowest BCUT2D eigenvalue weighted by atomic mass is 9.95. The fraction of sp³-hybridized carbons (Fsp3) is 0.120. The first-order chi connectivity index (χ1) is 16.1. The molecule has 1 aliphatic rings. The number of methoxy groups -OCH3 is 1. The van der Waals surface area contributed by atoms with Crippen molar-refractivity contribution in [2.75, 3.05) is 12.0 Å². The van der Waals surface area contributed by atoms with Crippen molar-refractivity contribution in [2.24, 2.45) is 0 Å². The Morgan fingerprint density at radius 1 is 1.00 bits per heavy atom. The third kappa shape index (κ3) is 4.24. The molecule has 0 saturated carbocycles. The van der Waals surface area contributed by atoms with E-state index in [-0.39, 0.29) is 16.8 Å². The number of nitrogens with zero attached hydrogens (tertiary/aromatic N) is 1. The van der Waals surface area contributed by atoms with E-state index < -0.39 is 35.2 Å². The molecular formula is C25H17ClF3NO4. The Balaban J connectivity index is 1.93. The molecule has 1 atom stereocenters. The lowest BCUT2D eigenvalue weighted by Crippen LogP contribution is -2.29. The highest BCUT2D eigenvalue weighted by Gasteiger charge is 2.47. The predicted molar refractivity (Wildman–Crippen MR) is 121 cm³/mol. The van der Waals surface area contributed by atoms with E-state index in [1.54, 1.807) is 24.3 Å². The molecule has 1 amide bonds. The molecule has 0 aromatic heterocycles. The van der Waals surface area contributed by atoms with Gasteiger partial charge in [0.25, 0.3) is 11.7 Å². The summed E-state index contributed by atoms with van der Waals surface area (Å²) in [6.45, 7) is 0. The number of halogens is 4. The molecule has 0 bridgehead atoms. The van der Waals surface area contributed by atoms with Crippen LogP contribution in [0.4, 0.5) is 18.9 Å². The van der Waals surface area contributed by atoms with E-state index in [4.69, 9.17) is 16.3 Å². The van der Waals surface area contributed by atoms with Gasteiger partial charge in [0.2, 0.25) is 0 Å². The van der Waals surface area contributed by atoms with Crippen molar-refractivity contribution in [2.45, 2.75) is 12.2 Å². The molecule has 0 radical (unpaired) electrons. The molecule has 1 heterocycles. The van der Waals surface area contributed by atoms with Crippen LogP contribution in [0.15, 0.2) is 78.4 Å². The largest absolute Gasteiger partial charge is 0.507 e. The quantitative estimate of drug-likeness (QED) is 0.279. The Hall–Kier alpha value is -3.78. The van der Waals surface area contributed by atoms with Gasteiger partial charge < -0.3 is 9.84 Å². The van der Waals surface area contributed by atoms with Gasteiger partial charge in [-0.15, -0.1) is 0 Å². The van der Waals surface area contributed by atoms with Crippen molar-refractivity contribution >= 4 is 34.7 Å². The molecule has 4 rings (SSSR count). The third-order valence-electron chi connectivity index (χ3n) is 5.45.